The maximum atomic E-state index is 11.5. The van der Waals surface area contributed by atoms with Gasteiger partial charge in [-0.15, -0.1) is 0 Å². The summed E-state index contributed by atoms with van der Waals surface area (Å²) in [6.07, 6.45) is 0. The van der Waals surface area contributed by atoms with Gasteiger partial charge < -0.3 is 0 Å². The van der Waals surface area contributed by atoms with Gasteiger partial charge in [-0.25, -0.2) is 0 Å². The van der Waals surface area contributed by atoms with Gasteiger partial charge in [0.1, 0.15) is 0 Å². The maximum absolute atomic E-state index is 11.5. The summed E-state index contributed by atoms with van der Waals surface area (Å²) >= 11 is -1.86. The molecule has 0 saturated carbocycles. The van der Waals surface area contributed by atoms with Gasteiger partial charge in [0.15, 0.2) is 0 Å². The quantitative estimate of drug-likeness (QED) is 0.264. The van der Waals surface area contributed by atoms with Crippen molar-refractivity contribution in [3.8, 4) is 5.75 Å². The van der Waals surface area contributed by atoms with E-state index in [1.54, 1.807) is 7.11 Å². The minimum atomic E-state index is -1.86. The van der Waals surface area contributed by atoms with Crippen LogP contribution in [0.15, 0.2) is 54.6 Å². The second-order valence-corrected chi connectivity index (χ2v) is 10.8. The molecule has 5 heteroatoms. The van der Waals surface area contributed by atoms with Crippen molar-refractivity contribution >= 4 is 23.1 Å². The topological polar surface area (TPSA) is 35.5 Å². The number of rotatable bonds is 5. The molecule has 0 bridgehead atoms. The Morgan fingerprint density at radius 1 is 1.00 bits per heavy atom. The molecule has 2 aromatic carbocycles. The molecule has 0 atom stereocenters. The van der Waals surface area contributed by atoms with E-state index < -0.39 is 23.3 Å². The number of carbonyl (C=O) groups excluding carboxylic acids is 1. The molecule has 2 aromatic rings. The van der Waals surface area contributed by atoms with E-state index in [0.29, 0.717) is 5.76 Å². The molecule has 0 heterocycles. The van der Waals surface area contributed by atoms with E-state index in [0.717, 1.165) is 20.0 Å². The van der Waals surface area contributed by atoms with E-state index >= 15 is 0 Å². The molecule has 0 amide bonds. The summed E-state index contributed by atoms with van der Waals surface area (Å²) < 4.78 is 11.6. The van der Waals surface area contributed by atoms with Gasteiger partial charge in [-0.2, -0.15) is 0 Å². The number of methoxy groups -OCH3 is 1. The van der Waals surface area contributed by atoms with Crippen LogP contribution in [-0.2, 0) is 32.9 Å². The van der Waals surface area contributed by atoms with Crippen LogP contribution in [0.3, 0.4) is 0 Å². The number of halogens is 1. The fourth-order valence-electron chi connectivity index (χ4n) is 2.09. The summed E-state index contributed by atoms with van der Waals surface area (Å²) in [5.41, 5.74) is 1.85. The first-order chi connectivity index (χ1) is 10.7. The summed E-state index contributed by atoms with van der Waals surface area (Å²) in [7, 11) is 7.95. The molecular formula is C17H15ClHgO3. The van der Waals surface area contributed by atoms with Gasteiger partial charge in [-0.3, -0.25) is 0 Å². The average molecular weight is 503 g/mol. The minimum absolute atomic E-state index is 0.349. The van der Waals surface area contributed by atoms with Crippen LogP contribution in [0, 0.1) is 0 Å². The normalized spacial score (nSPS) is 11.2. The predicted octanol–water partition coefficient (Wildman–Crippen LogP) is 4.32. The van der Waals surface area contributed by atoms with Crippen molar-refractivity contribution in [3.63, 3.8) is 0 Å². The summed E-state index contributed by atoms with van der Waals surface area (Å²) in [5, 5.41) is 0. The van der Waals surface area contributed by atoms with Crippen LogP contribution in [0.4, 0.5) is 0 Å². The van der Waals surface area contributed by atoms with Crippen LogP contribution in [0.25, 0.3) is 8.84 Å². The number of ether oxygens (including phenoxy) is 2. The zero-order valence-corrected chi connectivity index (χ0v) is 18.8. The number of benzene rings is 2. The van der Waals surface area contributed by atoms with Crippen molar-refractivity contribution in [1.29, 1.82) is 0 Å². The zero-order chi connectivity index (χ0) is 15.9. The Morgan fingerprint density at radius 3 is 2.14 bits per heavy atom. The van der Waals surface area contributed by atoms with Crippen molar-refractivity contribution < 1.29 is 37.6 Å². The predicted molar refractivity (Wildman–Crippen MR) is 83.9 cm³/mol. The Labute approximate surface area is 145 Å². The van der Waals surface area contributed by atoms with E-state index in [-0.39, 0.29) is 5.97 Å². The van der Waals surface area contributed by atoms with Crippen molar-refractivity contribution in [1.82, 2.24) is 0 Å². The van der Waals surface area contributed by atoms with Crippen LogP contribution in [-0.4, -0.2) is 13.1 Å². The first-order valence-corrected chi connectivity index (χ1v) is 16.3. The SMILES string of the molecule is COc1ccc(/C(OC(C)=O)=[C](\[Hg][Cl])c2ccccc2)cc1. The summed E-state index contributed by atoms with van der Waals surface area (Å²) in [5.74, 6) is 0.971. The van der Waals surface area contributed by atoms with E-state index in [9.17, 15) is 4.79 Å². The Balaban J connectivity index is 2.55. The number of esters is 1. The van der Waals surface area contributed by atoms with Gasteiger partial charge in [0.2, 0.25) is 0 Å². The molecule has 0 saturated heterocycles. The van der Waals surface area contributed by atoms with Gasteiger partial charge >= 0.3 is 146 Å². The average Bonchev–Trinajstić information content (AvgIpc) is 2.55. The van der Waals surface area contributed by atoms with E-state index in [4.69, 9.17) is 17.7 Å². The van der Waals surface area contributed by atoms with E-state index in [1.807, 2.05) is 54.6 Å². The third-order valence-electron chi connectivity index (χ3n) is 3.13. The van der Waals surface area contributed by atoms with Crippen LogP contribution in [0.1, 0.15) is 18.1 Å². The molecule has 0 aliphatic heterocycles. The van der Waals surface area contributed by atoms with Crippen molar-refractivity contribution in [2.75, 3.05) is 7.11 Å². The molecular weight excluding hydrogens is 488 g/mol. The Morgan fingerprint density at radius 2 is 1.64 bits per heavy atom. The standard InChI is InChI=1S/C17H15O3.ClH.Hg/c1-13(18)20-17(12-14-6-4-3-5-7-14)15-8-10-16(19-2)11-9-15;;/h3-11H,1-2H3;1H;/q;;+1/p-1. The Kier molecular flexibility index (Phi) is 6.46. The van der Waals surface area contributed by atoms with Crippen LogP contribution >= 0.6 is 8.25 Å². The monoisotopic (exact) mass is 504 g/mol. The van der Waals surface area contributed by atoms with Gasteiger partial charge in [0.05, 0.1) is 0 Å². The zero-order valence-electron chi connectivity index (χ0n) is 12.5. The van der Waals surface area contributed by atoms with Gasteiger partial charge in [-0.05, 0) is 0 Å². The Bertz CT molecular complexity index is 666. The molecule has 110 valence electrons. The van der Waals surface area contributed by atoms with E-state index in [1.165, 1.54) is 6.92 Å². The molecule has 0 aliphatic carbocycles. The molecule has 0 spiro atoms. The van der Waals surface area contributed by atoms with E-state index in [2.05, 4.69) is 0 Å². The first-order valence-electron chi connectivity index (χ1n) is 6.83. The fourth-order valence-corrected chi connectivity index (χ4v) is 7.57. The first kappa shape index (κ1) is 17.0. The van der Waals surface area contributed by atoms with Gasteiger partial charge in [-0.1, -0.05) is 0 Å². The second-order valence-electron chi connectivity index (χ2n) is 4.63. The third kappa shape index (κ3) is 4.34. The molecule has 2 rings (SSSR count). The van der Waals surface area contributed by atoms with Gasteiger partial charge in [0.25, 0.3) is 0 Å². The van der Waals surface area contributed by atoms with Crippen molar-refractivity contribution in [2.24, 2.45) is 0 Å². The van der Waals surface area contributed by atoms with Crippen LogP contribution in [0.2, 0.25) is 0 Å². The molecule has 22 heavy (non-hydrogen) atoms. The third-order valence-corrected chi connectivity index (χ3v) is 9.35. The molecule has 0 N–H and O–H groups in total. The fraction of sp³-hybridized carbons (Fsp3) is 0.118. The van der Waals surface area contributed by atoms with Crippen molar-refractivity contribution in [3.05, 3.63) is 65.7 Å². The Hall–Kier alpha value is -1.32. The van der Waals surface area contributed by atoms with Crippen LogP contribution in [0.5, 0.6) is 5.75 Å². The summed E-state index contributed by atoms with van der Waals surface area (Å²) in [6.45, 7) is 1.40. The number of hydrogen-bond donors (Lipinski definition) is 0. The number of carbonyl (C=O) groups is 1. The summed E-state index contributed by atoms with van der Waals surface area (Å²) in [6, 6.07) is 17.3. The molecule has 0 aromatic heterocycles. The molecule has 3 nitrogen and oxygen atoms in total. The van der Waals surface area contributed by atoms with Crippen LogP contribution < -0.4 is 4.74 Å². The van der Waals surface area contributed by atoms with Crippen molar-refractivity contribution in [2.45, 2.75) is 6.92 Å². The molecule has 0 radical (unpaired) electrons. The molecule has 0 aliphatic rings. The summed E-state index contributed by atoms with van der Waals surface area (Å²) in [4.78, 5) is 11.5. The molecule has 0 unspecified atom stereocenters. The molecule has 0 fully saturated rings. The van der Waals surface area contributed by atoms with Gasteiger partial charge in [0, 0.05) is 0 Å². The second kappa shape index (κ2) is 8.35. The number of hydrogen-bond acceptors (Lipinski definition) is 3.